The molecule has 0 bridgehead atoms. The maximum atomic E-state index is 14.2. The molecule has 1 aromatic heterocycles. The van der Waals surface area contributed by atoms with Gasteiger partial charge in [0.25, 0.3) is 5.91 Å². The molecule has 200 valence electrons. The van der Waals surface area contributed by atoms with E-state index in [2.05, 4.69) is 10.4 Å². The molecule has 7 N–H and O–H groups in total. The van der Waals surface area contributed by atoms with E-state index in [1.165, 1.54) is 27.8 Å². The number of nitrogens with one attached hydrogen (secondary N) is 1. The lowest BCUT2D eigenvalue weighted by Crippen LogP contribution is -2.54. The molecule has 4 rings (SSSR count). The Hall–Kier alpha value is -4.39. The van der Waals surface area contributed by atoms with Crippen LogP contribution in [0.15, 0.2) is 36.4 Å². The normalized spacial score (nSPS) is 16.5. The second kappa shape index (κ2) is 10.9. The van der Waals surface area contributed by atoms with E-state index in [-0.39, 0.29) is 48.8 Å². The summed E-state index contributed by atoms with van der Waals surface area (Å²) in [6, 6.07) is 8.71. The van der Waals surface area contributed by atoms with Crippen LogP contribution in [0.1, 0.15) is 28.9 Å². The number of benzene rings is 2. The van der Waals surface area contributed by atoms with Crippen molar-refractivity contribution in [2.45, 2.75) is 38.1 Å². The van der Waals surface area contributed by atoms with E-state index < -0.39 is 41.8 Å². The third-order valence-corrected chi connectivity index (χ3v) is 6.52. The molecule has 4 amide bonds. The number of halogens is 2. The number of nitrogen functional groups attached to an aromatic ring is 1. The summed E-state index contributed by atoms with van der Waals surface area (Å²) in [5, 5.41) is 7.07. The Morgan fingerprint density at radius 3 is 2.61 bits per heavy atom. The second-order valence-electron chi connectivity index (χ2n) is 8.84. The molecule has 1 aliphatic carbocycles. The average molecular weight is 546 g/mol. The first kappa shape index (κ1) is 26.7. The molecule has 0 saturated heterocycles. The van der Waals surface area contributed by atoms with E-state index in [4.69, 9.17) is 33.5 Å². The summed E-state index contributed by atoms with van der Waals surface area (Å²) in [6.07, 6.45) is -0.887. The van der Waals surface area contributed by atoms with Gasteiger partial charge in [-0.15, -0.1) is 0 Å². The Balaban J connectivity index is 1.52. The van der Waals surface area contributed by atoms with Crippen LogP contribution >= 0.6 is 11.6 Å². The number of amides is 4. The van der Waals surface area contributed by atoms with Crippen LogP contribution in [0, 0.1) is 5.82 Å². The molecule has 12 nitrogen and oxygen atoms in total. The zero-order valence-electron chi connectivity index (χ0n) is 20.0. The number of fused-ring (bicyclic) bond motifs is 1. The fourth-order valence-corrected chi connectivity index (χ4v) is 4.48. The first-order valence-electron chi connectivity index (χ1n) is 11.5. The smallest absolute Gasteiger partial charge is 0.404 e. The molecule has 3 aromatic rings. The van der Waals surface area contributed by atoms with E-state index in [1.54, 1.807) is 18.2 Å². The largest absolute Gasteiger partial charge is 0.446 e. The molecule has 0 aliphatic heterocycles. The summed E-state index contributed by atoms with van der Waals surface area (Å²) in [5.74, 6) is -2.48. The highest BCUT2D eigenvalue weighted by atomic mass is 35.5. The number of nitrogens with two attached hydrogens (primary N) is 3. The number of hydrogen-bond donors (Lipinski definition) is 4. The number of carbonyl (C=O) groups excluding carboxylic acids is 4. The Bertz CT molecular complexity index is 1420. The van der Waals surface area contributed by atoms with E-state index in [1.807, 2.05) is 0 Å². The summed E-state index contributed by atoms with van der Waals surface area (Å²) in [4.78, 5) is 50.5. The first-order valence-corrected chi connectivity index (χ1v) is 11.9. The van der Waals surface area contributed by atoms with Crippen molar-refractivity contribution >= 4 is 52.0 Å². The molecular weight excluding hydrogens is 521 g/mol. The highest BCUT2D eigenvalue weighted by Gasteiger charge is 2.39. The van der Waals surface area contributed by atoms with Gasteiger partial charge < -0.3 is 32.2 Å². The molecule has 2 aromatic carbocycles. The van der Waals surface area contributed by atoms with Gasteiger partial charge >= 0.3 is 6.09 Å². The lowest BCUT2D eigenvalue weighted by atomic mass is 9.87. The number of aromatic nitrogens is 2. The van der Waals surface area contributed by atoms with Gasteiger partial charge in [0.1, 0.15) is 18.5 Å². The van der Waals surface area contributed by atoms with Crippen molar-refractivity contribution < 1.29 is 28.3 Å². The van der Waals surface area contributed by atoms with Crippen molar-refractivity contribution in [1.29, 1.82) is 0 Å². The third-order valence-electron chi connectivity index (χ3n) is 6.23. The van der Waals surface area contributed by atoms with Crippen molar-refractivity contribution in [3.05, 3.63) is 58.5 Å². The van der Waals surface area contributed by atoms with Gasteiger partial charge in [0.2, 0.25) is 11.8 Å². The van der Waals surface area contributed by atoms with Crippen LogP contribution in [-0.4, -0.2) is 57.2 Å². The lowest BCUT2D eigenvalue weighted by Gasteiger charge is -2.41. The van der Waals surface area contributed by atoms with E-state index >= 15 is 0 Å². The summed E-state index contributed by atoms with van der Waals surface area (Å²) >= 11 is 5.79. The van der Waals surface area contributed by atoms with Crippen LogP contribution in [-0.2, 0) is 27.4 Å². The topological polar surface area (TPSA) is 189 Å². The third kappa shape index (κ3) is 5.78. The van der Waals surface area contributed by atoms with Gasteiger partial charge in [-0.2, -0.15) is 5.10 Å². The average Bonchev–Trinajstić information content (AvgIpc) is 3.18. The fraction of sp³-hybridized carbons (Fsp3) is 0.292. The molecule has 1 heterocycles. The molecule has 1 saturated carbocycles. The number of anilines is 1. The van der Waals surface area contributed by atoms with Gasteiger partial charge in [-0.05, 0) is 24.3 Å². The highest BCUT2D eigenvalue weighted by molar-refractivity contribution is 6.30. The van der Waals surface area contributed by atoms with Crippen LogP contribution in [0.25, 0.3) is 10.9 Å². The Labute approximate surface area is 220 Å². The first-order chi connectivity index (χ1) is 18.0. The number of nitrogens with zero attached hydrogens (tertiary/aromatic N) is 3. The SMILES string of the molecule is NC(=O)O[C@H]1C[C@H](N(CC(=O)NCc2cccc(Cl)c2F)C(=O)Cn2nc(C(N)=O)c3cc(N)ccc32)C1. The lowest BCUT2D eigenvalue weighted by molar-refractivity contribution is -0.143. The Kier molecular flexibility index (Phi) is 7.67. The van der Waals surface area contributed by atoms with Gasteiger partial charge in [-0.25, -0.2) is 9.18 Å². The van der Waals surface area contributed by atoms with Crippen LogP contribution in [0.5, 0.6) is 0 Å². The van der Waals surface area contributed by atoms with Gasteiger partial charge in [-0.3, -0.25) is 19.1 Å². The molecule has 0 spiro atoms. The summed E-state index contributed by atoms with van der Waals surface area (Å²) in [7, 11) is 0. The van der Waals surface area contributed by atoms with Crippen LogP contribution < -0.4 is 22.5 Å². The minimum Gasteiger partial charge on any atom is -0.446 e. The molecule has 14 heteroatoms. The highest BCUT2D eigenvalue weighted by Crippen LogP contribution is 2.29. The maximum Gasteiger partial charge on any atom is 0.404 e. The number of rotatable bonds is 9. The zero-order valence-corrected chi connectivity index (χ0v) is 20.8. The Morgan fingerprint density at radius 2 is 1.92 bits per heavy atom. The molecule has 1 aliphatic rings. The van der Waals surface area contributed by atoms with E-state index in [0.29, 0.717) is 16.6 Å². The minimum absolute atomic E-state index is 0.0495. The predicted octanol–water partition coefficient (Wildman–Crippen LogP) is 1.28. The van der Waals surface area contributed by atoms with Crippen LogP contribution in [0.2, 0.25) is 5.02 Å². The summed E-state index contributed by atoms with van der Waals surface area (Å²) in [6.45, 7) is -0.815. The van der Waals surface area contributed by atoms with Crippen LogP contribution in [0.3, 0.4) is 0 Å². The monoisotopic (exact) mass is 545 g/mol. The molecule has 0 radical (unpaired) electrons. The van der Waals surface area contributed by atoms with Crippen molar-refractivity contribution in [1.82, 2.24) is 20.0 Å². The van der Waals surface area contributed by atoms with Crippen molar-refractivity contribution in [2.75, 3.05) is 12.3 Å². The van der Waals surface area contributed by atoms with Gasteiger partial charge in [-0.1, -0.05) is 23.7 Å². The van der Waals surface area contributed by atoms with Crippen molar-refractivity contribution in [3.63, 3.8) is 0 Å². The van der Waals surface area contributed by atoms with E-state index in [9.17, 15) is 23.6 Å². The number of hydrogen-bond acceptors (Lipinski definition) is 7. The van der Waals surface area contributed by atoms with Crippen molar-refractivity contribution in [3.8, 4) is 0 Å². The zero-order chi connectivity index (χ0) is 27.6. The molecule has 38 heavy (non-hydrogen) atoms. The number of carbonyl (C=O) groups is 4. The molecule has 1 fully saturated rings. The standard InChI is InChI=1S/C24H25ClFN7O5/c25-17-3-1-2-12(21(17)26)9-30-19(34)10-32(14-7-15(8-14)38-24(29)37)20(35)11-33-18-5-4-13(27)6-16(18)22(31-33)23(28)36/h1-6,14-15H,7-11,27H2,(H2,28,36)(H2,29,37)(H,30,34)/t14-,15-. The number of primary amides is 2. The van der Waals surface area contributed by atoms with Gasteiger partial charge in [0.05, 0.1) is 17.1 Å². The summed E-state index contributed by atoms with van der Waals surface area (Å²) < 4.78 is 20.5. The predicted molar refractivity (Wildman–Crippen MR) is 135 cm³/mol. The van der Waals surface area contributed by atoms with E-state index in [0.717, 1.165) is 0 Å². The quantitative estimate of drug-likeness (QED) is 0.291. The summed E-state index contributed by atoms with van der Waals surface area (Å²) in [5.41, 5.74) is 17.3. The number of ether oxygens (including phenoxy) is 1. The van der Waals surface area contributed by atoms with Gasteiger partial charge in [0, 0.05) is 42.1 Å². The molecule has 0 atom stereocenters. The molecule has 0 unspecified atom stereocenters. The maximum absolute atomic E-state index is 14.2. The fourth-order valence-electron chi connectivity index (χ4n) is 4.28. The van der Waals surface area contributed by atoms with Crippen LogP contribution in [0.4, 0.5) is 14.9 Å². The second-order valence-corrected chi connectivity index (χ2v) is 9.25. The van der Waals surface area contributed by atoms with Gasteiger partial charge in [0.15, 0.2) is 5.69 Å². The Morgan fingerprint density at radius 1 is 1.18 bits per heavy atom. The minimum atomic E-state index is -0.936. The van der Waals surface area contributed by atoms with Crippen molar-refractivity contribution in [2.24, 2.45) is 11.5 Å². The molecular formula is C24H25ClFN7O5.